The first-order chi connectivity index (χ1) is 21.3. The van der Waals surface area contributed by atoms with E-state index in [0.29, 0.717) is 32.2 Å². The van der Waals surface area contributed by atoms with Crippen molar-refractivity contribution < 1.29 is 23.7 Å². The fraction of sp³-hybridized carbons (Fsp3) is 0.237. The van der Waals surface area contributed by atoms with E-state index in [2.05, 4.69) is 54.6 Å². The Labute approximate surface area is 252 Å². The molecule has 3 aliphatic carbocycles. The number of carbonyl (C=O) groups excluding carboxylic acids is 1. The summed E-state index contributed by atoms with van der Waals surface area (Å²) in [6, 6.07) is 39.1. The third-order valence-corrected chi connectivity index (χ3v) is 8.86. The van der Waals surface area contributed by atoms with Crippen LogP contribution in [-0.4, -0.2) is 39.5 Å². The van der Waals surface area contributed by atoms with E-state index >= 15 is 0 Å². The van der Waals surface area contributed by atoms with E-state index in [4.69, 9.17) is 18.9 Å². The zero-order valence-corrected chi connectivity index (χ0v) is 24.1. The Bertz CT molecular complexity index is 1710. The summed E-state index contributed by atoms with van der Waals surface area (Å²) in [5.74, 6) is 0.342. The lowest BCUT2D eigenvalue weighted by Crippen LogP contribution is -2.44. The summed E-state index contributed by atoms with van der Waals surface area (Å²) in [5, 5.41) is 1.96. The lowest BCUT2D eigenvalue weighted by molar-refractivity contribution is -0.141. The van der Waals surface area contributed by atoms with E-state index in [0.717, 1.165) is 22.1 Å². The van der Waals surface area contributed by atoms with E-state index in [1.807, 2.05) is 60.7 Å². The molecule has 5 nitrogen and oxygen atoms in total. The van der Waals surface area contributed by atoms with Crippen LogP contribution in [0, 0.1) is 5.92 Å². The molecule has 216 valence electrons. The van der Waals surface area contributed by atoms with Gasteiger partial charge in [-0.25, -0.2) is 0 Å². The van der Waals surface area contributed by atoms with Crippen LogP contribution in [0.4, 0.5) is 0 Å². The van der Waals surface area contributed by atoms with Gasteiger partial charge in [-0.2, -0.15) is 0 Å². The maximum Gasteiger partial charge on any atom is 0.315 e. The number of fused-ring (bicyclic) bond motifs is 2. The Morgan fingerprint density at radius 1 is 0.581 bits per heavy atom. The van der Waals surface area contributed by atoms with Crippen molar-refractivity contribution in [1.29, 1.82) is 0 Å². The van der Waals surface area contributed by atoms with Crippen molar-refractivity contribution in [2.75, 3.05) is 33.5 Å². The van der Waals surface area contributed by atoms with Gasteiger partial charge in [0.2, 0.25) is 0 Å². The molecule has 8 rings (SSSR count). The molecule has 5 aromatic carbocycles. The molecule has 3 aliphatic rings. The number of carbonyl (C=O) groups is 1. The molecule has 5 heteroatoms. The van der Waals surface area contributed by atoms with Crippen molar-refractivity contribution in [1.82, 2.24) is 0 Å². The van der Waals surface area contributed by atoms with Crippen LogP contribution in [0.1, 0.15) is 45.6 Å². The van der Waals surface area contributed by atoms with Crippen LogP contribution in [0.15, 0.2) is 115 Å². The fourth-order valence-corrected chi connectivity index (χ4v) is 7.14. The van der Waals surface area contributed by atoms with Gasteiger partial charge in [0, 0.05) is 30.2 Å². The van der Waals surface area contributed by atoms with Crippen molar-refractivity contribution in [3.05, 3.63) is 143 Å². The highest BCUT2D eigenvalue weighted by molar-refractivity contribution is 5.91. The minimum absolute atomic E-state index is 0.0230. The number of methoxy groups -OCH3 is 1. The molecule has 2 bridgehead atoms. The largest absolute Gasteiger partial charge is 0.491 e. The molecule has 0 spiro atoms. The highest BCUT2D eigenvalue weighted by Gasteiger charge is 2.54. The second kappa shape index (κ2) is 12.0. The average molecular weight is 571 g/mol. The van der Waals surface area contributed by atoms with Crippen LogP contribution in [-0.2, 0) is 14.3 Å². The highest BCUT2D eigenvalue weighted by Crippen LogP contribution is 2.62. The third kappa shape index (κ3) is 4.99. The minimum Gasteiger partial charge on any atom is -0.491 e. The Hall–Kier alpha value is -4.45. The van der Waals surface area contributed by atoms with Gasteiger partial charge >= 0.3 is 5.97 Å². The Morgan fingerprint density at radius 2 is 1.14 bits per heavy atom. The van der Waals surface area contributed by atoms with Gasteiger partial charge < -0.3 is 18.9 Å². The van der Waals surface area contributed by atoms with Crippen LogP contribution in [0.2, 0.25) is 0 Å². The molecule has 0 aromatic heterocycles. The first kappa shape index (κ1) is 27.4. The molecule has 0 heterocycles. The summed E-state index contributed by atoms with van der Waals surface area (Å²) >= 11 is 0. The van der Waals surface area contributed by atoms with Crippen LogP contribution >= 0.6 is 0 Å². The SMILES string of the molecule is COCCOCCOc1ccccc1C1C2c3ccccc3C(c3ccccc32)C1C(=O)Oc1cccc2ccccc12. The van der Waals surface area contributed by atoms with Crippen molar-refractivity contribution >= 4 is 16.7 Å². The monoisotopic (exact) mass is 570 g/mol. The molecule has 43 heavy (non-hydrogen) atoms. The number of benzene rings is 5. The zero-order chi connectivity index (χ0) is 29.2. The Morgan fingerprint density at radius 3 is 1.86 bits per heavy atom. The third-order valence-electron chi connectivity index (χ3n) is 8.86. The van der Waals surface area contributed by atoms with Gasteiger partial charge in [-0.3, -0.25) is 4.79 Å². The molecule has 0 amide bonds. The fourth-order valence-electron chi connectivity index (χ4n) is 7.14. The Kier molecular flexibility index (Phi) is 7.67. The number of hydrogen-bond donors (Lipinski definition) is 0. The van der Waals surface area contributed by atoms with E-state index in [-0.39, 0.29) is 23.7 Å². The van der Waals surface area contributed by atoms with Crippen molar-refractivity contribution in [3.63, 3.8) is 0 Å². The van der Waals surface area contributed by atoms with E-state index in [1.54, 1.807) is 7.11 Å². The lowest BCUT2D eigenvalue weighted by Gasteiger charge is -2.50. The predicted octanol–water partition coefficient (Wildman–Crippen LogP) is 7.48. The van der Waals surface area contributed by atoms with Crippen molar-refractivity contribution in [2.45, 2.75) is 17.8 Å². The molecule has 0 radical (unpaired) electrons. The van der Waals surface area contributed by atoms with E-state index in [1.165, 1.54) is 22.3 Å². The van der Waals surface area contributed by atoms with Gasteiger partial charge in [0.25, 0.3) is 0 Å². The van der Waals surface area contributed by atoms with Gasteiger partial charge in [0.05, 0.1) is 25.7 Å². The number of esters is 1. The normalized spacial score (nSPS) is 19.9. The maximum absolute atomic E-state index is 14.6. The molecule has 0 N–H and O–H groups in total. The van der Waals surface area contributed by atoms with Crippen LogP contribution in [0.5, 0.6) is 11.5 Å². The molecule has 0 saturated heterocycles. The number of para-hydroxylation sites is 1. The number of rotatable bonds is 10. The molecule has 5 aromatic rings. The number of hydrogen-bond acceptors (Lipinski definition) is 5. The zero-order valence-electron chi connectivity index (χ0n) is 24.1. The lowest BCUT2D eigenvalue weighted by atomic mass is 9.53. The summed E-state index contributed by atoms with van der Waals surface area (Å²) in [4.78, 5) is 14.6. The molecule has 2 unspecified atom stereocenters. The van der Waals surface area contributed by atoms with Crippen molar-refractivity contribution in [2.24, 2.45) is 5.92 Å². The first-order valence-corrected chi connectivity index (χ1v) is 14.9. The van der Waals surface area contributed by atoms with Gasteiger partial charge in [0.1, 0.15) is 18.1 Å². The minimum atomic E-state index is -0.448. The second-order valence-corrected chi connectivity index (χ2v) is 11.2. The average Bonchev–Trinajstić information content (AvgIpc) is 3.06. The van der Waals surface area contributed by atoms with E-state index < -0.39 is 5.92 Å². The van der Waals surface area contributed by atoms with E-state index in [9.17, 15) is 4.79 Å². The summed E-state index contributed by atoms with van der Waals surface area (Å²) in [5.41, 5.74) is 5.95. The first-order valence-electron chi connectivity index (χ1n) is 14.9. The molecular formula is C38H34O5. The molecule has 0 fully saturated rings. The predicted molar refractivity (Wildman–Crippen MR) is 167 cm³/mol. The standard InChI is InChI=1S/C38H34O5/c1-40-21-22-41-23-24-42-32-19-9-8-18-31(32)36-34-27-14-4-6-16-29(27)35(30-17-7-5-15-28(30)34)37(36)38(39)43-33-20-10-12-25-11-2-3-13-26(25)33/h2-20,34-37H,21-24H2,1H3. The van der Waals surface area contributed by atoms with Gasteiger partial charge in [-0.1, -0.05) is 103 Å². The van der Waals surface area contributed by atoms with Gasteiger partial charge in [-0.15, -0.1) is 0 Å². The van der Waals surface area contributed by atoms with Gasteiger partial charge in [0.15, 0.2) is 0 Å². The molecular weight excluding hydrogens is 536 g/mol. The summed E-state index contributed by atoms with van der Waals surface area (Å²) in [6.07, 6.45) is 0. The smallest absolute Gasteiger partial charge is 0.315 e. The van der Waals surface area contributed by atoms with Crippen molar-refractivity contribution in [3.8, 4) is 11.5 Å². The molecule has 2 atom stereocenters. The molecule has 0 aliphatic heterocycles. The second-order valence-electron chi connectivity index (χ2n) is 11.2. The van der Waals surface area contributed by atoms with Crippen LogP contribution in [0.3, 0.4) is 0 Å². The number of ether oxygens (including phenoxy) is 4. The molecule has 0 saturated carbocycles. The van der Waals surface area contributed by atoms with Crippen LogP contribution in [0.25, 0.3) is 10.8 Å². The Balaban J connectivity index is 1.32. The van der Waals surface area contributed by atoms with Crippen LogP contribution < -0.4 is 9.47 Å². The topological polar surface area (TPSA) is 54.0 Å². The summed E-state index contributed by atoms with van der Waals surface area (Å²) in [7, 11) is 1.66. The quantitative estimate of drug-likeness (QED) is 0.0990. The summed E-state index contributed by atoms with van der Waals surface area (Å²) < 4.78 is 23.4. The summed E-state index contributed by atoms with van der Waals surface area (Å²) in [6.45, 7) is 1.91. The van der Waals surface area contributed by atoms with Gasteiger partial charge in [-0.05, 0) is 45.3 Å². The maximum atomic E-state index is 14.6. The highest BCUT2D eigenvalue weighted by atomic mass is 16.5.